The van der Waals surface area contributed by atoms with Crippen molar-refractivity contribution in [3.63, 3.8) is 0 Å². The second kappa shape index (κ2) is 7.64. The molecule has 0 aliphatic carbocycles. The molecule has 0 saturated heterocycles. The van der Waals surface area contributed by atoms with Crippen LogP contribution in [0.3, 0.4) is 0 Å². The Morgan fingerprint density at radius 2 is 2.00 bits per heavy atom. The average molecular weight is 301 g/mol. The second-order valence-corrected chi connectivity index (χ2v) is 5.89. The standard InChI is InChI=1S/C17H19NO2S/c1-2-3-10-18-14-6-4-13(17(20)11-14)5-7-15-8-9-16(12-19)21-15/h4-9,11-12,18,20H,2-3,10H2,1H3/b7-5+. The molecule has 0 radical (unpaired) electrons. The Labute approximate surface area is 128 Å². The Morgan fingerprint density at radius 1 is 1.19 bits per heavy atom. The summed E-state index contributed by atoms with van der Waals surface area (Å²) < 4.78 is 0. The van der Waals surface area contributed by atoms with Crippen molar-refractivity contribution in [1.29, 1.82) is 0 Å². The van der Waals surface area contributed by atoms with Gasteiger partial charge in [-0.25, -0.2) is 0 Å². The zero-order chi connectivity index (χ0) is 15.1. The van der Waals surface area contributed by atoms with Crippen LogP contribution in [0.4, 0.5) is 5.69 Å². The van der Waals surface area contributed by atoms with Crippen LogP contribution in [0.5, 0.6) is 5.75 Å². The summed E-state index contributed by atoms with van der Waals surface area (Å²) in [5.41, 5.74) is 1.69. The molecule has 1 heterocycles. The van der Waals surface area contributed by atoms with Crippen LogP contribution in [0.15, 0.2) is 30.3 Å². The molecule has 0 aliphatic heterocycles. The van der Waals surface area contributed by atoms with Crippen LogP contribution in [-0.4, -0.2) is 17.9 Å². The molecule has 0 saturated carbocycles. The number of thiophene rings is 1. The number of hydrogen-bond acceptors (Lipinski definition) is 4. The first kappa shape index (κ1) is 15.3. The molecule has 0 unspecified atom stereocenters. The highest BCUT2D eigenvalue weighted by molar-refractivity contribution is 7.14. The van der Waals surface area contributed by atoms with Crippen molar-refractivity contribution in [1.82, 2.24) is 0 Å². The highest BCUT2D eigenvalue weighted by Crippen LogP contribution is 2.25. The fraction of sp³-hybridized carbons (Fsp3) is 0.235. The summed E-state index contributed by atoms with van der Waals surface area (Å²) in [5.74, 6) is 0.250. The largest absolute Gasteiger partial charge is 0.507 e. The van der Waals surface area contributed by atoms with Gasteiger partial charge in [-0.3, -0.25) is 4.79 Å². The molecule has 1 aromatic heterocycles. The molecular weight excluding hydrogens is 282 g/mol. The average Bonchev–Trinajstić information content (AvgIpc) is 2.95. The number of carbonyl (C=O) groups excluding carboxylic acids is 1. The van der Waals surface area contributed by atoms with E-state index in [1.807, 2.05) is 30.4 Å². The highest BCUT2D eigenvalue weighted by Gasteiger charge is 2.00. The molecule has 0 bridgehead atoms. The SMILES string of the molecule is CCCCNc1ccc(/C=C/c2ccc(C=O)s2)c(O)c1. The Bertz CT molecular complexity index is 631. The summed E-state index contributed by atoms with van der Waals surface area (Å²) in [7, 11) is 0. The summed E-state index contributed by atoms with van der Waals surface area (Å²) >= 11 is 1.43. The Morgan fingerprint density at radius 3 is 2.67 bits per heavy atom. The van der Waals surface area contributed by atoms with Gasteiger partial charge in [0.2, 0.25) is 0 Å². The first-order chi connectivity index (χ1) is 10.2. The lowest BCUT2D eigenvalue weighted by Crippen LogP contribution is -2.00. The Hall–Kier alpha value is -2.07. The Kier molecular flexibility index (Phi) is 5.58. The van der Waals surface area contributed by atoms with Crippen molar-refractivity contribution in [3.05, 3.63) is 45.6 Å². The quantitative estimate of drug-likeness (QED) is 0.578. The fourth-order valence-corrected chi connectivity index (χ4v) is 2.63. The number of hydrogen-bond donors (Lipinski definition) is 2. The van der Waals surface area contributed by atoms with E-state index in [-0.39, 0.29) is 5.75 Å². The van der Waals surface area contributed by atoms with Crippen molar-refractivity contribution >= 4 is 35.5 Å². The van der Waals surface area contributed by atoms with E-state index in [9.17, 15) is 9.90 Å². The van der Waals surface area contributed by atoms with Gasteiger partial charge in [0, 0.05) is 28.7 Å². The zero-order valence-corrected chi connectivity index (χ0v) is 12.8. The van der Waals surface area contributed by atoms with E-state index in [2.05, 4.69) is 12.2 Å². The van der Waals surface area contributed by atoms with Gasteiger partial charge in [-0.1, -0.05) is 13.3 Å². The molecule has 0 amide bonds. The van der Waals surface area contributed by atoms with Gasteiger partial charge < -0.3 is 10.4 Å². The minimum atomic E-state index is 0.250. The third-order valence-corrected chi connectivity index (χ3v) is 4.06. The van der Waals surface area contributed by atoms with E-state index in [0.717, 1.165) is 41.8 Å². The van der Waals surface area contributed by atoms with Crippen LogP contribution in [0, 0.1) is 0 Å². The van der Waals surface area contributed by atoms with E-state index in [0.29, 0.717) is 4.88 Å². The van der Waals surface area contributed by atoms with E-state index in [1.54, 1.807) is 12.1 Å². The first-order valence-corrected chi connectivity index (χ1v) is 7.84. The molecular formula is C17H19NO2S. The number of rotatable bonds is 7. The topological polar surface area (TPSA) is 49.3 Å². The molecule has 0 spiro atoms. The summed E-state index contributed by atoms with van der Waals surface area (Å²) in [6.07, 6.45) is 6.85. The van der Waals surface area contributed by atoms with Crippen LogP contribution in [0.2, 0.25) is 0 Å². The van der Waals surface area contributed by atoms with Crippen molar-refractivity contribution in [2.24, 2.45) is 0 Å². The predicted octanol–water partition coefficient (Wildman–Crippen LogP) is 4.65. The maximum Gasteiger partial charge on any atom is 0.160 e. The van der Waals surface area contributed by atoms with Gasteiger partial charge in [-0.05, 0) is 42.8 Å². The highest BCUT2D eigenvalue weighted by atomic mass is 32.1. The number of phenolic OH excluding ortho intramolecular Hbond substituents is 1. The smallest absolute Gasteiger partial charge is 0.160 e. The first-order valence-electron chi connectivity index (χ1n) is 7.03. The summed E-state index contributed by atoms with van der Waals surface area (Å²) in [5, 5.41) is 13.3. The normalized spacial score (nSPS) is 10.9. The lowest BCUT2D eigenvalue weighted by molar-refractivity contribution is 0.112. The number of benzene rings is 1. The second-order valence-electron chi connectivity index (χ2n) is 4.75. The summed E-state index contributed by atoms with van der Waals surface area (Å²) in [6, 6.07) is 9.26. The van der Waals surface area contributed by atoms with Gasteiger partial charge in [-0.2, -0.15) is 0 Å². The minimum Gasteiger partial charge on any atom is -0.507 e. The predicted molar refractivity (Wildman–Crippen MR) is 90.1 cm³/mol. The van der Waals surface area contributed by atoms with Crippen molar-refractivity contribution < 1.29 is 9.90 Å². The van der Waals surface area contributed by atoms with Crippen LogP contribution in [-0.2, 0) is 0 Å². The van der Waals surface area contributed by atoms with Crippen LogP contribution < -0.4 is 5.32 Å². The molecule has 21 heavy (non-hydrogen) atoms. The monoisotopic (exact) mass is 301 g/mol. The molecule has 4 heteroatoms. The van der Waals surface area contributed by atoms with Crippen molar-refractivity contribution in [3.8, 4) is 5.75 Å². The van der Waals surface area contributed by atoms with Crippen LogP contribution in [0.25, 0.3) is 12.2 Å². The number of carbonyl (C=O) groups is 1. The lowest BCUT2D eigenvalue weighted by Gasteiger charge is -2.07. The number of phenols is 1. The zero-order valence-electron chi connectivity index (χ0n) is 12.0. The van der Waals surface area contributed by atoms with Gasteiger partial charge in [-0.15, -0.1) is 11.3 Å². The third kappa shape index (κ3) is 4.46. The minimum absolute atomic E-state index is 0.250. The molecule has 0 fully saturated rings. The van der Waals surface area contributed by atoms with Gasteiger partial charge in [0.25, 0.3) is 0 Å². The third-order valence-electron chi connectivity index (χ3n) is 3.08. The number of aldehydes is 1. The summed E-state index contributed by atoms with van der Waals surface area (Å²) in [4.78, 5) is 12.3. The van der Waals surface area contributed by atoms with Gasteiger partial charge >= 0.3 is 0 Å². The van der Waals surface area contributed by atoms with Gasteiger partial charge in [0.1, 0.15) is 5.75 Å². The van der Waals surface area contributed by atoms with Gasteiger partial charge in [0.15, 0.2) is 6.29 Å². The Balaban J connectivity index is 2.04. The molecule has 0 atom stereocenters. The maximum atomic E-state index is 10.6. The fourth-order valence-electron chi connectivity index (χ4n) is 1.90. The van der Waals surface area contributed by atoms with Crippen molar-refractivity contribution in [2.45, 2.75) is 19.8 Å². The van der Waals surface area contributed by atoms with Gasteiger partial charge in [0.05, 0.1) is 4.88 Å². The number of aromatic hydroxyl groups is 1. The molecule has 0 aliphatic rings. The maximum absolute atomic E-state index is 10.6. The molecule has 2 rings (SSSR count). The van der Waals surface area contributed by atoms with Crippen molar-refractivity contribution in [2.75, 3.05) is 11.9 Å². The van der Waals surface area contributed by atoms with Crippen LogP contribution >= 0.6 is 11.3 Å². The number of unbranched alkanes of at least 4 members (excludes halogenated alkanes) is 1. The summed E-state index contributed by atoms with van der Waals surface area (Å²) in [6.45, 7) is 3.06. The van der Waals surface area contributed by atoms with Crippen LogP contribution in [0.1, 0.15) is 39.9 Å². The van der Waals surface area contributed by atoms with E-state index in [1.165, 1.54) is 11.3 Å². The molecule has 2 N–H and O–H groups in total. The molecule has 2 aromatic rings. The number of nitrogens with one attached hydrogen (secondary N) is 1. The lowest BCUT2D eigenvalue weighted by atomic mass is 10.1. The molecule has 110 valence electrons. The number of anilines is 1. The van der Waals surface area contributed by atoms with E-state index in [4.69, 9.17) is 0 Å². The molecule has 3 nitrogen and oxygen atoms in total. The van der Waals surface area contributed by atoms with E-state index >= 15 is 0 Å². The molecule has 1 aromatic carbocycles. The van der Waals surface area contributed by atoms with E-state index < -0.39 is 0 Å².